The van der Waals surface area contributed by atoms with E-state index in [4.69, 9.17) is 9.57 Å². The summed E-state index contributed by atoms with van der Waals surface area (Å²) in [5.74, 6) is -0.139. The number of amides is 2. The van der Waals surface area contributed by atoms with Gasteiger partial charge in [0, 0.05) is 20.5 Å². The quantitative estimate of drug-likeness (QED) is 0.800. The van der Waals surface area contributed by atoms with Gasteiger partial charge in [-0.2, -0.15) is 5.06 Å². The first kappa shape index (κ1) is 17.8. The molecule has 6 heteroatoms. The molecule has 0 unspecified atom stereocenters. The maximum Gasteiger partial charge on any atom is 0.435 e. The van der Waals surface area contributed by atoms with E-state index in [1.807, 2.05) is 0 Å². The van der Waals surface area contributed by atoms with Crippen molar-refractivity contribution in [3.8, 4) is 0 Å². The molecule has 1 aliphatic rings. The lowest BCUT2D eigenvalue weighted by Crippen LogP contribution is -2.46. The van der Waals surface area contributed by atoms with E-state index >= 15 is 0 Å². The number of ether oxygens (including phenoxy) is 1. The second-order valence-electron chi connectivity index (χ2n) is 6.66. The highest BCUT2D eigenvalue weighted by molar-refractivity contribution is 5.85. The minimum Gasteiger partial charge on any atom is -0.442 e. The van der Waals surface area contributed by atoms with Crippen molar-refractivity contribution in [3.63, 3.8) is 0 Å². The molecule has 122 valence electrons. The maximum absolute atomic E-state index is 12.2. The molecule has 1 rings (SSSR count). The lowest BCUT2D eigenvalue weighted by atomic mass is 10.0. The number of hydroxylamine groups is 2. The molecule has 21 heavy (non-hydrogen) atoms. The second-order valence-corrected chi connectivity index (χ2v) is 6.66. The van der Waals surface area contributed by atoms with Gasteiger partial charge in [-0.25, -0.2) is 4.79 Å². The number of unbranched alkanes of at least 4 members (excludes halogenated alkanes) is 1. The molecule has 1 fully saturated rings. The summed E-state index contributed by atoms with van der Waals surface area (Å²) in [4.78, 5) is 31.6. The molecule has 0 radical (unpaired) electrons. The maximum atomic E-state index is 12.2. The van der Waals surface area contributed by atoms with Crippen molar-refractivity contribution < 1.29 is 19.2 Å². The largest absolute Gasteiger partial charge is 0.442 e. The molecule has 0 aromatic heterocycles. The molecule has 6 nitrogen and oxygen atoms in total. The van der Waals surface area contributed by atoms with E-state index in [0.29, 0.717) is 6.42 Å². The van der Waals surface area contributed by atoms with E-state index in [2.05, 4.69) is 6.92 Å². The van der Waals surface area contributed by atoms with Gasteiger partial charge < -0.3 is 9.64 Å². The van der Waals surface area contributed by atoms with Crippen LogP contribution in [0.2, 0.25) is 0 Å². The van der Waals surface area contributed by atoms with E-state index in [1.54, 1.807) is 34.9 Å². The van der Waals surface area contributed by atoms with Gasteiger partial charge in [0.15, 0.2) is 0 Å². The first-order chi connectivity index (χ1) is 9.65. The molecule has 1 saturated heterocycles. The summed E-state index contributed by atoms with van der Waals surface area (Å²) in [7, 11) is 3.35. The summed E-state index contributed by atoms with van der Waals surface area (Å²) in [6, 6.07) is -0.600. The van der Waals surface area contributed by atoms with Crippen LogP contribution < -0.4 is 0 Å². The number of carbonyl (C=O) groups is 2. The van der Waals surface area contributed by atoms with Gasteiger partial charge in [-0.15, -0.1) is 0 Å². The van der Waals surface area contributed by atoms with Crippen LogP contribution in [0.25, 0.3) is 0 Å². The third-order valence-corrected chi connectivity index (χ3v) is 3.21. The molecule has 0 aliphatic carbocycles. The fraction of sp³-hybridized carbons (Fsp3) is 0.867. The van der Waals surface area contributed by atoms with Crippen LogP contribution in [-0.4, -0.2) is 53.8 Å². The van der Waals surface area contributed by atoms with Crippen molar-refractivity contribution in [1.82, 2.24) is 9.96 Å². The lowest BCUT2D eigenvalue weighted by molar-refractivity contribution is -0.165. The smallest absolute Gasteiger partial charge is 0.435 e. The third kappa shape index (κ3) is 5.19. The van der Waals surface area contributed by atoms with Gasteiger partial charge >= 0.3 is 6.09 Å². The summed E-state index contributed by atoms with van der Waals surface area (Å²) in [6.07, 6.45) is 2.73. The molecule has 0 spiro atoms. The van der Waals surface area contributed by atoms with Crippen molar-refractivity contribution in [1.29, 1.82) is 0 Å². The Morgan fingerprint density at radius 1 is 1.33 bits per heavy atom. The Morgan fingerprint density at radius 2 is 1.95 bits per heavy atom. The van der Waals surface area contributed by atoms with Gasteiger partial charge in [0.1, 0.15) is 11.6 Å². The Morgan fingerprint density at radius 3 is 2.43 bits per heavy atom. The summed E-state index contributed by atoms with van der Waals surface area (Å²) < 4.78 is 5.33. The van der Waals surface area contributed by atoms with Crippen molar-refractivity contribution in [2.24, 2.45) is 0 Å². The van der Waals surface area contributed by atoms with Crippen LogP contribution in [0.1, 0.15) is 53.4 Å². The predicted molar refractivity (Wildman–Crippen MR) is 79.6 cm³/mol. The second kappa shape index (κ2) is 7.11. The molecule has 1 heterocycles. The monoisotopic (exact) mass is 300 g/mol. The Balaban J connectivity index is 2.80. The van der Waals surface area contributed by atoms with Crippen LogP contribution in [0, 0.1) is 0 Å². The van der Waals surface area contributed by atoms with Gasteiger partial charge in [0.2, 0.25) is 5.91 Å². The zero-order valence-electron chi connectivity index (χ0n) is 14.0. The van der Waals surface area contributed by atoms with Crippen molar-refractivity contribution in [2.75, 3.05) is 14.1 Å². The predicted octanol–water partition coefficient (Wildman–Crippen LogP) is 2.57. The third-order valence-electron chi connectivity index (χ3n) is 3.21. The minimum absolute atomic E-state index is 0.105. The van der Waals surface area contributed by atoms with Gasteiger partial charge in [-0.05, 0) is 27.2 Å². The molecule has 2 atom stereocenters. The van der Waals surface area contributed by atoms with Gasteiger partial charge in [-0.3, -0.25) is 9.63 Å². The Hall–Kier alpha value is -1.30. The molecule has 2 amide bonds. The topological polar surface area (TPSA) is 59.1 Å². The number of hydrogen-bond donors (Lipinski definition) is 0. The summed E-state index contributed by atoms with van der Waals surface area (Å²) >= 11 is 0. The van der Waals surface area contributed by atoms with Crippen LogP contribution in [0.15, 0.2) is 0 Å². The zero-order valence-corrected chi connectivity index (χ0v) is 14.0. The Bertz CT molecular complexity index is 376. The average Bonchev–Trinajstić information content (AvgIpc) is 2.77. The van der Waals surface area contributed by atoms with Crippen molar-refractivity contribution >= 4 is 12.0 Å². The zero-order chi connectivity index (χ0) is 16.2. The normalized spacial score (nSPS) is 22.3. The van der Waals surface area contributed by atoms with Crippen molar-refractivity contribution in [3.05, 3.63) is 0 Å². The molecular formula is C15H28N2O4. The van der Waals surface area contributed by atoms with E-state index in [9.17, 15) is 9.59 Å². The standard InChI is InChI=1S/C15H28N2O4/c1-7-8-9-11-10-12(13(18)16(5)6)17(21-11)14(19)20-15(2,3)4/h11-12H,7-10H2,1-6H3/t11-,12-/m1/s1. The summed E-state index contributed by atoms with van der Waals surface area (Å²) in [6.45, 7) is 7.47. The van der Waals surface area contributed by atoms with E-state index in [-0.39, 0.29) is 12.0 Å². The molecule has 0 aromatic carbocycles. The fourth-order valence-electron chi connectivity index (χ4n) is 2.20. The number of hydrogen-bond acceptors (Lipinski definition) is 4. The molecule has 0 N–H and O–H groups in total. The van der Waals surface area contributed by atoms with Crippen molar-refractivity contribution in [2.45, 2.75) is 71.1 Å². The SMILES string of the molecule is CCCC[C@@H]1C[C@H](C(=O)N(C)C)N(C(=O)OC(C)(C)C)O1. The number of carbonyl (C=O) groups excluding carboxylic acids is 2. The highest BCUT2D eigenvalue weighted by Gasteiger charge is 2.43. The van der Waals surface area contributed by atoms with E-state index in [0.717, 1.165) is 24.3 Å². The highest BCUT2D eigenvalue weighted by atomic mass is 16.7. The van der Waals surface area contributed by atoms with Crippen LogP contribution in [-0.2, 0) is 14.4 Å². The first-order valence-electron chi connectivity index (χ1n) is 7.56. The first-order valence-corrected chi connectivity index (χ1v) is 7.56. The van der Waals surface area contributed by atoms with Gasteiger partial charge in [-0.1, -0.05) is 19.8 Å². The molecule has 0 aromatic rings. The molecule has 0 saturated carbocycles. The van der Waals surface area contributed by atoms with E-state index < -0.39 is 17.7 Å². The van der Waals surface area contributed by atoms with Gasteiger partial charge in [0.05, 0.1) is 6.10 Å². The van der Waals surface area contributed by atoms with E-state index in [1.165, 1.54) is 4.90 Å². The fourth-order valence-corrected chi connectivity index (χ4v) is 2.20. The van der Waals surface area contributed by atoms with Gasteiger partial charge in [0.25, 0.3) is 0 Å². The van der Waals surface area contributed by atoms with Crippen LogP contribution in [0.3, 0.4) is 0 Å². The minimum atomic E-state index is -0.617. The molecule has 0 bridgehead atoms. The van der Waals surface area contributed by atoms with Crippen LogP contribution in [0.4, 0.5) is 4.79 Å². The average molecular weight is 300 g/mol. The summed E-state index contributed by atoms with van der Waals surface area (Å²) in [5.41, 5.74) is -0.617. The highest BCUT2D eigenvalue weighted by Crippen LogP contribution is 2.27. The molecular weight excluding hydrogens is 272 g/mol. The van der Waals surface area contributed by atoms with Crippen LogP contribution in [0.5, 0.6) is 0 Å². The summed E-state index contributed by atoms with van der Waals surface area (Å²) in [5, 5.41) is 1.12. The number of nitrogens with zero attached hydrogens (tertiary/aromatic N) is 2. The number of rotatable bonds is 4. The Labute approximate surface area is 127 Å². The number of likely N-dealkylation sites (N-methyl/N-ethyl adjacent to an activating group) is 1. The lowest BCUT2D eigenvalue weighted by Gasteiger charge is -2.27. The Kier molecular flexibility index (Phi) is 6.01. The molecule has 1 aliphatic heterocycles. The van der Waals surface area contributed by atoms with Crippen LogP contribution >= 0.6 is 0 Å².